The van der Waals surface area contributed by atoms with Gasteiger partial charge in [-0.2, -0.15) is 0 Å². The second-order valence-corrected chi connectivity index (χ2v) is 5.10. The van der Waals surface area contributed by atoms with E-state index in [-0.39, 0.29) is 10.8 Å². The first kappa shape index (κ1) is 13.6. The monoisotopic (exact) mass is 258 g/mol. The second kappa shape index (κ2) is 5.26. The summed E-state index contributed by atoms with van der Waals surface area (Å²) in [6.07, 6.45) is 0. The van der Waals surface area contributed by atoms with Crippen LogP contribution in [0.5, 0.6) is 0 Å². The quantitative estimate of drug-likeness (QED) is 0.784. The molecule has 0 aliphatic rings. The molecule has 0 aliphatic carbocycles. The molecule has 0 fully saturated rings. The average molecular weight is 258 g/mol. The number of hydrogen-bond donors (Lipinski definition) is 1. The van der Waals surface area contributed by atoms with Gasteiger partial charge in [0, 0.05) is 12.6 Å². The Kier molecular flexibility index (Phi) is 4.22. The van der Waals surface area contributed by atoms with E-state index in [4.69, 9.17) is 4.84 Å². The van der Waals surface area contributed by atoms with Gasteiger partial charge in [-0.05, 0) is 31.3 Å². The van der Waals surface area contributed by atoms with Crippen LogP contribution < -0.4 is 4.72 Å². The number of nitrogens with zero attached hydrogens (tertiary/aromatic N) is 1. The zero-order valence-corrected chi connectivity index (χ0v) is 10.6. The van der Waals surface area contributed by atoms with Gasteiger partial charge < -0.3 is 0 Å². The van der Waals surface area contributed by atoms with Gasteiger partial charge in [-0.25, -0.2) is 18.2 Å². The van der Waals surface area contributed by atoms with Crippen molar-refractivity contribution < 1.29 is 18.0 Å². The number of benzene rings is 1. The molecular weight excluding hydrogens is 244 g/mol. The largest absolute Gasteiger partial charge is 0.277 e. The van der Waals surface area contributed by atoms with Gasteiger partial charge in [0.2, 0.25) is 10.0 Å². The lowest BCUT2D eigenvalue weighted by Crippen LogP contribution is -2.25. The molecule has 1 amide bonds. The maximum Gasteiger partial charge on any atom is 0.277 e. The van der Waals surface area contributed by atoms with Gasteiger partial charge in [-0.15, -0.1) is 0 Å². The van der Waals surface area contributed by atoms with Gasteiger partial charge in [0.05, 0.1) is 12.0 Å². The molecule has 0 saturated heterocycles. The molecule has 1 aromatic rings. The van der Waals surface area contributed by atoms with Crippen LogP contribution in [0, 0.1) is 0 Å². The number of sulfonamides is 1. The first-order valence-electron chi connectivity index (χ1n) is 4.78. The summed E-state index contributed by atoms with van der Waals surface area (Å²) in [6, 6.07) is 5.59. The van der Waals surface area contributed by atoms with Crippen LogP contribution in [0.2, 0.25) is 0 Å². The number of nitrogens with one attached hydrogen (secondary N) is 1. The first-order chi connectivity index (χ1) is 7.92. The molecule has 6 nitrogen and oxygen atoms in total. The number of hydroxylamine groups is 2. The van der Waals surface area contributed by atoms with E-state index in [1.54, 1.807) is 0 Å². The summed E-state index contributed by atoms with van der Waals surface area (Å²) in [6.45, 7) is 0. The normalized spacial score (nSPS) is 11.2. The lowest BCUT2D eigenvalue weighted by Gasteiger charge is -2.13. The lowest BCUT2D eigenvalue weighted by atomic mass is 10.2. The van der Waals surface area contributed by atoms with E-state index >= 15 is 0 Å². The molecule has 1 rings (SSSR count). The third-order valence-electron chi connectivity index (χ3n) is 2.24. The van der Waals surface area contributed by atoms with Gasteiger partial charge in [0.1, 0.15) is 0 Å². The minimum Gasteiger partial charge on any atom is -0.274 e. The summed E-state index contributed by atoms with van der Waals surface area (Å²) in [5, 5.41) is 1.06. The van der Waals surface area contributed by atoms with Crippen LogP contribution in [-0.4, -0.2) is 40.6 Å². The van der Waals surface area contributed by atoms with Crippen molar-refractivity contribution in [3.8, 4) is 0 Å². The van der Waals surface area contributed by atoms with E-state index < -0.39 is 10.0 Å². The third kappa shape index (κ3) is 3.02. The highest BCUT2D eigenvalue weighted by Gasteiger charge is 2.14. The fourth-order valence-corrected chi connectivity index (χ4v) is 1.89. The van der Waals surface area contributed by atoms with E-state index in [2.05, 4.69) is 4.72 Å². The number of carbonyl (C=O) groups is 1. The topological polar surface area (TPSA) is 75.7 Å². The molecule has 0 saturated carbocycles. The minimum absolute atomic E-state index is 0.108. The highest BCUT2D eigenvalue weighted by atomic mass is 32.2. The Bertz CT molecular complexity index is 496. The molecule has 0 bridgehead atoms. The third-order valence-corrected chi connectivity index (χ3v) is 3.67. The average Bonchev–Trinajstić information content (AvgIpc) is 2.37. The van der Waals surface area contributed by atoms with Crippen LogP contribution >= 0.6 is 0 Å². The van der Waals surface area contributed by atoms with Crippen LogP contribution in [-0.2, 0) is 14.9 Å². The molecule has 0 spiro atoms. The Morgan fingerprint density at radius 3 is 2.24 bits per heavy atom. The van der Waals surface area contributed by atoms with Crippen LogP contribution in [0.25, 0.3) is 0 Å². The molecule has 1 aromatic carbocycles. The maximum atomic E-state index is 11.6. The zero-order valence-electron chi connectivity index (χ0n) is 9.80. The minimum atomic E-state index is -3.47. The molecule has 0 unspecified atom stereocenters. The molecule has 0 heterocycles. The van der Waals surface area contributed by atoms with E-state index in [0.29, 0.717) is 5.56 Å². The second-order valence-electron chi connectivity index (χ2n) is 3.22. The Balaban J connectivity index is 3.01. The van der Waals surface area contributed by atoms with E-state index in [1.807, 2.05) is 0 Å². The van der Waals surface area contributed by atoms with Crippen molar-refractivity contribution in [1.82, 2.24) is 9.79 Å². The highest BCUT2D eigenvalue weighted by Crippen LogP contribution is 2.11. The summed E-state index contributed by atoms with van der Waals surface area (Å²) < 4.78 is 25.1. The van der Waals surface area contributed by atoms with Crippen molar-refractivity contribution in [2.75, 3.05) is 21.2 Å². The summed E-state index contributed by atoms with van der Waals surface area (Å²) in [7, 11) is 0.699. The van der Waals surface area contributed by atoms with Crippen molar-refractivity contribution in [2.24, 2.45) is 0 Å². The molecule has 0 radical (unpaired) electrons. The zero-order chi connectivity index (χ0) is 13.1. The van der Waals surface area contributed by atoms with Crippen molar-refractivity contribution >= 4 is 15.9 Å². The van der Waals surface area contributed by atoms with Crippen molar-refractivity contribution in [1.29, 1.82) is 0 Å². The van der Waals surface area contributed by atoms with E-state index in [0.717, 1.165) is 5.06 Å². The fraction of sp³-hybridized carbons (Fsp3) is 0.300. The molecule has 0 aromatic heterocycles. The number of hydrogen-bond acceptors (Lipinski definition) is 4. The first-order valence-corrected chi connectivity index (χ1v) is 6.26. The Hall–Kier alpha value is -1.44. The van der Waals surface area contributed by atoms with Crippen LogP contribution in [0.3, 0.4) is 0 Å². The Morgan fingerprint density at radius 1 is 1.29 bits per heavy atom. The predicted molar refractivity (Wildman–Crippen MR) is 61.8 cm³/mol. The molecule has 94 valence electrons. The molecule has 0 aliphatic heterocycles. The van der Waals surface area contributed by atoms with Gasteiger partial charge >= 0.3 is 0 Å². The summed E-state index contributed by atoms with van der Waals surface area (Å²) >= 11 is 0. The van der Waals surface area contributed by atoms with Crippen molar-refractivity contribution in [3.63, 3.8) is 0 Å². The van der Waals surface area contributed by atoms with Crippen molar-refractivity contribution in [3.05, 3.63) is 29.8 Å². The van der Waals surface area contributed by atoms with Gasteiger partial charge in [-0.1, -0.05) is 0 Å². The SMILES string of the molecule is CNS(=O)(=O)c1ccc(C(=O)N(C)OC)cc1. The summed E-state index contributed by atoms with van der Waals surface area (Å²) in [5.74, 6) is -0.346. The predicted octanol–water partition coefficient (Wildman–Crippen LogP) is 0.228. The Labute approximate surface area is 100 Å². The van der Waals surface area contributed by atoms with E-state index in [1.165, 1.54) is 45.5 Å². The van der Waals surface area contributed by atoms with Gasteiger partial charge in [0.15, 0.2) is 0 Å². The van der Waals surface area contributed by atoms with Gasteiger partial charge in [0.25, 0.3) is 5.91 Å². The van der Waals surface area contributed by atoms with Crippen LogP contribution in [0.4, 0.5) is 0 Å². The Morgan fingerprint density at radius 2 is 1.82 bits per heavy atom. The lowest BCUT2D eigenvalue weighted by molar-refractivity contribution is -0.0757. The number of rotatable bonds is 4. The van der Waals surface area contributed by atoms with E-state index in [9.17, 15) is 13.2 Å². The highest BCUT2D eigenvalue weighted by molar-refractivity contribution is 7.89. The molecule has 0 atom stereocenters. The smallest absolute Gasteiger partial charge is 0.274 e. The van der Waals surface area contributed by atoms with Crippen LogP contribution in [0.15, 0.2) is 29.2 Å². The summed E-state index contributed by atoms with van der Waals surface area (Å²) in [5.41, 5.74) is 0.351. The molecule has 1 N–H and O–H groups in total. The van der Waals surface area contributed by atoms with Gasteiger partial charge in [-0.3, -0.25) is 9.63 Å². The standard InChI is InChI=1S/C10H14N2O4S/c1-11-17(14,15)9-6-4-8(5-7-9)10(13)12(2)16-3/h4-7,11H,1-3H3. The molecular formula is C10H14N2O4S. The number of carbonyl (C=O) groups excluding carboxylic acids is 1. The number of amides is 1. The van der Waals surface area contributed by atoms with Crippen LogP contribution in [0.1, 0.15) is 10.4 Å². The fourth-order valence-electron chi connectivity index (χ4n) is 1.16. The summed E-state index contributed by atoms with van der Waals surface area (Å²) in [4.78, 5) is 16.5. The molecule has 7 heteroatoms. The van der Waals surface area contributed by atoms with Crippen molar-refractivity contribution in [2.45, 2.75) is 4.90 Å². The molecule has 17 heavy (non-hydrogen) atoms. The maximum absolute atomic E-state index is 11.6.